The normalized spacial score (nSPS) is 12.6. The number of aromatic amines is 1. The van der Waals surface area contributed by atoms with Crippen LogP contribution in [0.2, 0.25) is 0 Å². The monoisotopic (exact) mass is 275 g/mol. The summed E-state index contributed by atoms with van der Waals surface area (Å²) in [6.07, 6.45) is 2.45. The number of fused-ring (bicyclic) bond motifs is 1. The first kappa shape index (κ1) is 14.6. The van der Waals surface area contributed by atoms with Crippen LogP contribution in [-0.2, 0) is 16.0 Å². The van der Waals surface area contributed by atoms with E-state index in [2.05, 4.69) is 4.98 Å². The Kier molecular flexibility index (Phi) is 4.76. The highest BCUT2D eigenvalue weighted by Gasteiger charge is 2.19. The van der Waals surface area contributed by atoms with Gasteiger partial charge in [-0.2, -0.15) is 0 Å². The maximum absolute atomic E-state index is 12.1. The molecule has 1 aromatic heterocycles. The largest absolute Gasteiger partial charge is 0.383 e. The first-order valence-electron chi connectivity index (χ1n) is 6.68. The van der Waals surface area contributed by atoms with Gasteiger partial charge in [0.05, 0.1) is 12.6 Å². The highest BCUT2D eigenvalue weighted by Crippen LogP contribution is 2.18. The van der Waals surface area contributed by atoms with Crippen LogP contribution in [0.4, 0.5) is 0 Å². The molecule has 0 unspecified atom stereocenters. The molecular weight excluding hydrogens is 254 g/mol. The Morgan fingerprint density at radius 2 is 2.20 bits per heavy atom. The van der Waals surface area contributed by atoms with Crippen LogP contribution in [-0.4, -0.2) is 49.1 Å². The molecule has 0 radical (unpaired) electrons. The van der Waals surface area contributed by atoms with Crippen molar-refractivity contribution < 1.29 is 9.53 Å². The van der Waals surface area contributed by atoms with Crippen molar-refractivity contribution in [1.29, 1.82) is 0 Å². The fourth-order valence-electron chi connectivity index (χ4n) is 2.25. The smallest absolute Gasteiger partial charge is 0.239 e. The molecule has 1 heterocycles. The Hall–Kier alpha value is -1.85. The number of nitrogens with two attached hydrogens (primary N) is 1. The molecule has 2 aromatic rings. The van der Waals surface area contributed by atoms with Gasteiger partial charge < -0.3 is 20.4 Å². The molecule has 0 spiro atoms. The van der Waals surface area contributed by atoms with Gasteiger partial charge in [-0.3, -0.25) is 4.79 Å². The molecular formula is C15H21N3O2. The summed E-state index contributed by atoms with van der Waals surface area (Å²) in [6, 6.07) is 7.48. The molecule has 0 bridgehead atoms. The third-order valence-corrected chi connectivity index (χ3v) is 3.44. The summed E-state index contributed by atoms with van der Waals surface area (Å²) in [7, 11) is 3.36. The van der Waals surface area contributed by atoms with E-state index in [0.717, 1.165) is 16.5 Å². The number of para-hydroxylation sites is 1. The zero-order chi connectivity index (χ0) is 14.5. The number of amides is 1. The second kappa shape index (κ2) is 6.54. The quantitative estimate of drug-likeness (QED) is 0.830. The average molecular weight is 275 g/mol. The lowest BCUT2D eigenvalue weighted by Crippen LogP contribution is -2.44. The number of benzene rings is 1. The van der Waals surface area contributed by atoms with Crippen LogP contribution in [0.15, 0.2) is 30.5 Å². The van der Waals surface area contributed by atoms with E-state index >= 15 is 0 Å². The van der Waals surface area contributed by atoms with Crippen molar-refractivity contribution in [3.8, 4) is 0 Å². The van der Waals surface area contributed by atoms with Crippen molar-refractivity contribution in [2.24, 2.45) is 5.73 Å². The molecule has 0 aliphatic rings. The van der Waals surface area contributed by atoms with Gasteiger partial charge in [0.25, 0.3) is 0 Å². The highest BCUT2D eigenvalue weighted by atomic mass is 16.5. The molecule has 20 heavy (non-hydrogen) atoms. The molecule has 3 N–H and O–H groups in total. The molecule has 0 fully saturated rings. The molecule has 1 atom stereocenters. The van der Waals surface area contributed by atoms with Crippen LogP contribution < -0.4 is 5.73 Å². The standard InChI is InChI=1S/C15H21N3O2/c1-18(7-8-20-2)15(19)13(16)9-11-10-17-14-6-4-3-5-12(11)14/h3-6,10,13,17H,7-9,16H2,1-2H3/t13-/m1/s1. The molecule has 0 aliphatic heterocycles. The summed E-state index contributed by atoms with van der Waals surface area (Å²) >= 11 is 0. The minimum absolute atomic E-state index is 0.0627. The Balaban J connectivity index is 2.03. The van der Waals surface area contributed by atoms with Gasteiger partial charge in [-0.25, -0.2) is 0 Å². The number of carbonyl (C=O) groups is 1. The van der Waals surface area contributed by atoms with Crippen LogP contribution in [0.25, 0.3) is 10.9 Å². The topological polar surface area (TPSA) is 71.3 Å². The van der Waals surface area contributed by atoms with Crippen LogP contribution in [0, 0.1) is 0 Å². The number of H-pyrrole nitrogens is 1. The van der Waals surface area contributed by atoms with E-state index in [-0.39, 0.29) is 5.91 Å². The Labute approximate surface area is 118 Å². The summed E-state index contributed by atoms with van der Waals surface area (Å²) in [4.78, 5) is 17.0. The predicted octanol–water partition coefficient (Wildman–Crippen LogP) is 1.14. The number of methoxy groups -OCH3 is 1. The third kappa shape index (κ3) is 3.18. The van der Waals surface area contributed by atoms with Gasteiger partial charge in [-0.1, -0.05) is 18.2 Å². The van der Waals surface area contributed by atoms with E-state index in [1.54, 1.807) is 19.1 Å². The van der Waals surface area contributed by atoms with Gasteiger partial charge in [0.2, 0.25) is 5.91 Å². The van der Waals surface area contributed by atoms with E-state index in [1.165, 1.54) is 0 Å². The molecule has 0 aliphatic carbocycles. The van der Waals surface area contributed by atoms with Gasteiger partial charge in [0.1, 0.15) is 0 Å². The fraction of sp³-hybridized carbons (Fsp3) is 0.400. The number of hydrogen-bond acceptors (Lipinski definition) is 3. The van der Waals surface area contributed by atoms with Gasteiger partial charge in [-0.15, -0.1) is 0 Å². The van der Waals surface area contributed by atoms with Crippen molar-refractivity contribution in [3.05, 3.63) is 36.0 Å². The zero-order valence-electron chi connectivity index (χ0n) is 11.9. The fourth-order valence-corrected chi connectivity index (χ4v) is 2.25. The summed E-state index contributed by atoms with van der Waals surface area (Å²) in [5, 5.41) is 1.12. The minimum Gasteiger partial charge on any atom is -0.383 e. The van der Waals surface area contributed by atoms with Crippen LogP contribution in [0.1, 0.15) is 5.56 Å². The van der Waals surface area contributed by atoms with E-state index < -0.39 is 6.04 Å². The van der Waals surface area contributed by atoms with Gasteiger partial charge in [0.15, 0.2) is 0 Å². The first-order valence-corrected chi connectivity index (χ1v) is 6.68. The van der Waals surface area contributed by atoms with Crippen LogP contribution >= 0.6 is 0 Å². The van der Waals surface area contributed by atoms with Crippen molar-refractivity contribution in [2.45, 2.75) is 12.5 Å². The van der Waals surface area contributed by atoms with Gasteiger partial charge >= 0.3 is 0 Å². The van der Waals surface area contributed by atoms with Crippen molar-refractivity contribution in [2.75, 3.05) is 27.3 Å². The number of rotatable bonds is 6. The zero-order valence-corrected chi connectivity index (χ0v) is 11.9. The maximum atomic E-state index is 12.1. The van der Waals surface area contributed by atoms with E-state index in [1.807, 2.05) is 30.5 Å². The number of ether oxygens (including phenoxy) is 1. The van der Waals surface area contributed by atoms with E-state index in [9.17, 15) is 4.79 Å². The molecule has 0 saturated carbocycles. The lowest BCUT2D eigenvalue weighted by Gasteiger charge is -2.20. The maximum Gasteiger partial charge on any atom is 0.239 e. The Morgan fingerprint density at radius 1 is 1.45 bits per heavy atom. The summed E-state index contributed by atoms with van der Waals surface area (Å²) in [6.45, 7) is 1.07. The summed E-state index contributed by atoms with van der Waals surface area (Å²) < 4.78 is 4.97. The summed E-state index contributed by atoms with van der Waals surface area (Å²) in [5.41, 5.74) is 8.16. The Morgan fingerprint density at radius 3 is 2.95 bits per heavy atom. The second-order valence-electron chi connectivity index (χ2n) is 4.92. The number of carbonyl (C=O) groups excluding carboxylic acids is 1. The van der Waals surface area contributed by atoms with Gasteiger partial charge in [0, 0.05) is 37.8 Å². The predicted molar refractivity (Wildman–Crippen MR) is 79.5 cm³/mol. The average Bonchev–Trinajstić information content (AvgIpc) is 2.87. The lowest BCUT2D eigenvalue weighted by molar-refractivity contribution is -0.131. The molecule has 108 valence electrons. The van der Waals surface area contributed by atoms with Crippen molar-refractivity contribution >= 4 is 16.8 Å². The second-order valence-corrected chi connectivity index (χ2v) is 4.92. The number of nitrogens with zero attached hydrogens (tertiary/aromatic N) is 1. The highest BCUT2D eigenvalue weighted by molar-refractivity contribution is 5.86. The Bertz CT molecular complexity index is 579. The number of hydrogen-bond donors (Lipinski definition) is 2. The van der Waals surface area contributed by atoms with E-state index in [0.29, 0.717) is 19.6 Å². The van der Waals surface area contributed by atoms with Gasteiger partial charge in [-0.05, 0) is 18.1 Å². The van der Waals surface area contributed by atoms with Crippen LogP contribution in [0.3, 0.4) is 0 Å². The van der Waals surface area contributed by atoms with Crippen LogP contribution in [0.5, 0.6) is 0 Å². The van der Waals surface area contributed by atoms with E-state index in [4.69, 9.17) is 10.5 Å². The number of nitrogens with one attached hydrogen (secondary N) is 1. The molecule has 2 rings (SSSR count). The molecule has 0 saturated heterocycles. The third-order valence-electron chi connectivity index (χ3n) is 3.44. The van der Waals surface area contributed by atoms with Crippen molar-refractivity contribution in [1.82, 2.24) is 9.88 Å². The molecule has 1 aromatic carbocycles. The molecule has 5 nitrogen and oxygen atoms in total. The molecule has 5 heteroatoms. The SMILES string of the molecule is COCCN(C)C(=O)[C@H](N)Cc1c[nH]c2ccccc12. The first-order chi connectivity index (χ1) is 9.63. The minimum atomic E-state index is -0.531. The number of aromatic nitrogens is 1. The molecule has 1 amide bonds. The van der Waals surface area contributed by atoms with Crippen molar-refractivity contribution in [3.63, 3.8) is 0 Å². The lowest BCUT2D eigenvalue weighted by atomic mass is 10.0. The number of likely N-dealkylation sites (N-methyl/N-ethyl adjacent to an activating group) is 1. The summed E-state index contributed by atoms with van der Waals surface area (Å²) in [5.74, 6) is -0.0627.